The Morgan fingerprint density at radius 3 is 2.67 bits per heavy atom. The Bertz CT molecular complexity index is 305. The molecule has 1 rings (SSSR count). The molecule has 0 bridgehead atoms. The van der Waals surface area contributed by atoms with E-state index in [1.807, 2.05) is 25.1 Å². The molecule has 0 aliphatic heterocycles. The van der Waals surface area contributed by atoms with Gasteiger partial charge in [-0.15, -0.1) is 6.42 Å². The second-order valence-electron chi connectivity index (χ2n) is 2.63. The lowest BCUT2D eigenvalue weighted by atomic mass is 10.1. The number of rotatable bonds is 1. The lowest BCUT2D eigenvalue weighted by Gasteiger charge is -2.05. The fourth-order valence-electron chi connectivity index (χ4n) is 1.02. The highest BCUT2D eigenvalue weighted by atomic mass is 79.9. The van der Waals surface area contributed by atoms with Gasteiger partial charge in [0.05, 0.1) is 0 Å². The monoisotopic (exact) mass is 224 g/mol. The van der Waals surface area contributed by atoms with Crippen LogP contribution in [0.2, 0.25) is 0 Å². The van der Waals surface area contributed by atoms with Crippen molar-refractivity contribution in [3.8, 4) is 12.3 Å². The molecule has 0 spiro atoms. The molecule has 1 nitrogen and oxygen atoms in total. The molecule has 0 saturated carbocycles. The highest BCUT2D eigenvalue weighted by molar-refractivity contribution is 9.10. The van der Waals surface area contributed by atoms with Gasteiger partial charge in [0.2, 0.25) is 0 Å². The lowest BCUT2D eigenvalue weighted by Crippen LogP contribution is -1.93. The van der Waals surface area contributed by atoms with Gasteiger partial charge in [0.1, 0.15) is 6.10 Å². The topological polar surface area (TPSA) is 20.2 Å². The molecule has 0 radical (unpaired) electrons. The number of aryl methyl sites for hydroxylation is 1. The highest BCUT2D eigenvalue weighted by Gasteiger charge is 2.03. The van der Waals surface area contributed by atoms with E-state index in [2.05, 4.69) is 21.9 Å². The zero-order valence-corrected chi connectivity index (χ0v) is 8.30. The van der Waals surface area contributed by atoms with Crippen LogP contribution >= 0.6 is 15.9 Å². The number of hydrogen-bond donors (Lipinski definition) is 1. The average Bonchev–Trinajstić information content (AvgIpc) is 2.01. The summed E-state index contributed by atoms with van der Waals surface area (Å²) in [5, 5.41) is 9.32. The zero-order chi connectivity index (χ0) is 9.14. The summed E-state index contributed by atoms with van der Waals surface area (Å²) in [6.45, 7) is 1.96. The van der Waals surface area contributed by atoms with Crippen LogP contribution in [0, 0.1) is 19.3 Å². The van der Waals surface area contributed by atoms with E-state index in [0.717, 1.165) is 15.6 Å². The van der Waals surface area contributed by atoms with Gasteiger partial charge in [0.25, 0.3) is 0 Å². The van der Waals surface area contributed by atoms with Crippen molar-refractivity contribution < 1.29 is 5.11 Å². The molecule has 2 heteroatoms. The molecule has 1 atom stereocenters. The van der Waals surface area contributed by atoms with Crippen LogP contribution in [0.1, 0.15) is 17.2 Å². The fraction of sp³-hybridized carbons (Fsp3) is 0.200. The van der Waals surface area contributed by atoms with Crippen LogP contribution in [0.15, 0.2) is 22.7 Å². The number of aliphatic hydroxyl groups is 1. The number of terminal acetylenes is 1. The molecule has 0 heterocycles. The minimum Gasteiger partial charge on any atom is -0.376 e. The van der Waals surface area contributed by atoms with E-state index in [1.165, 1.54) is 0 Å². The van der Waals surface area contributed by atoms with E-state index < -0.39 is 6.10 Å². The lowest BCUT2D eigenvalue weighted by molar-refractivity contribution is 0.238. The summed E-state index contributed by atoms with van der Waals surface area (Å²) in [5.41, 5.74) is 1.83. The summed E-state index contributed by atoms with van der Waals surface area (Å²) in [4.78, 5) is 0. The van der Waals surface area contributed by atoms with Gasteiger partial charge in [0, 0.05) is 4.47 Å². The molecular weight excluding hydrogens is 216 g/mol. The highest BCUT2D eigenvalue weighted by Crippen LogP contribution is 2.19. The van der Waals surface area contributed by atoms with Crippen molar-refractivity contribution in [2.24, 2.45) is 0 Å². The SMILES string of the molecule is C#CC(O)c1cc(C)cc(Br)c1. The van der Waals surface area contributed by atoms with Gasteiger partial charge in [-0.3, -0.25) is 0 Å². The van der Waals surface area contributed by atoms with Gasteiger partial charge >= 0.3 is 0 Å². The summed E-state index contributed by atoms with van der Waals surface area (Å²) >= 11 is 3.33. The summed E-state index contributed by atoms with van der Waals surface area (Å²) < 4.78 is 0.937. The Labute approximate surface area is 80.6 Å². The molecule has 62 valence electrons. The number of halogens is 1. The smallest absolute Gasteiger partial charge is 0.140 e. The van der Waals surface area contributed by atoms with Crippen molar-refractivity contribution in [3.05, 3.63) is 33.8 Å². The maximum atomic E-state index is 9.32. The maximum absolute atomic E-state index is 9.32. The van der Waals surface area contributed by atoms with Crippen LogP contribution < -0.4 is 0 Å². The number of benzene rings is 1. The second-order valence-corrected chi connectivity index (χ2v) is 3.55. The third-order valence-corrected chi connectivity index (χ3v) is 2.00. The van der Waals surface area contributed by atoms with Crippen LogP contribution in [-0.4, -0.2) is 5.11 Å². The Hall–Kier alpha value is -0.780. The second kappa shape index (κ2) is 3.75. The van der Waals surface area contributed by atoms with E-state index in [-0.39, 0.29) is 0 Å². The predicted octanol–water partition coefficient (Wildman–Crippen LogP) is 2.42. The minimum absolute atomic E-state index is 0.754. The standard InChI is InChI=1S/C10H9BrO/c1-3-10(12)8-4-7(2)5-9(11)6-8/h1,4-6,10,12H,2H3. The molecule has 0 aliphatic rings. The van der Waals surface area contributed by atoms with Crippen LogP contribution in [0.4, 0.5) is 0 Å². The molecular formula is C10H9BrO. The van der Waals surface area contributed by atoms with Gasteiger partial charge in [-0.05, 0) is 30.2 Å². The Morgan fingerprint density at radius 1 is 1.50 bits per heavy atom. The molecule has 1 unspecified atom stereocenters. The van der Waals surface area contributed by atoms with Gasteiger partial charge in [-0.1, -0.05) is 27.9 Å². The van der Waals surface area contributed by atoms with Crippen LogP contribution in [0.5, 0.6) is 0 Å². The van der Waals surface area contributed by atoms with Crippen molar-refractivity contribution in [2.45, 2.75) is 13.0 Å². The molecule has 0 aliphatic carbocycles. The number of aliphatic hydroxyl groups excluding tert-OH is 1. The third-order valence-electron chi connectivity index (χ3n) is 1.54. The average molecular weight is 225 g/mol. The minimum atomic E-state index is -0.804. The van der Waals surface area contributed by atoms with E-state index >= 15 is 0 Å². The Morgan fingerprint density at radius 2 is 2.17 bits per heavy atom. The maximum Gasteiger partial charge on any atom is 0.140 e. The molecule has 1 aromatic rings. The largest absolute Gasteiger partial charge is 0.376 e. The van der Waals surface area contributed by atoms with Gasteiger partial charge in [0.15, 0.2) is 0 Å². The molecule has 0 amide bonds. The molecule has 12 heavy (non-hydrogen) atoms. The van der Waals surface area contributed by atoms with E-state index in [1.54, 1.807) is 0 Å². The Balaban J connectivity index is 3.10. The summed E-state index contributed by atoms with van der Waals surface area (Å²) in [6, 6.07) is 5.65. The van der Waals surface area contributed by atoms with Crippen LogP contribution in [0.25, 0.3) is 0 Å². The normalized spacial score (nSPS) is 12.2. The summed E-state index contributed by atoms with van der Waals surface area (Å²) in [7, 11) is 0. The molecule has 0 fully saturated rings. The number of hydrogen-bond acceptors (Lipinski definition) is 1. The van der Waals surface area contributed by atoms with Crippen molar-refractivity contribution in [3.63, 3.8) is 0 Å². The first-order valence-electron chi connectivity index (χ1n) is 3.55. The molecule has 0 saturated heterocycles. The van der Waals surface area contributed by atoms with Crippen molar-refractivity contribution in [1.29, 1.82) is 0 Å². The van der Waals surface area contributed by atoms with Crippen LogP contribution in [-0.2, 0) is 0 Å². The quantitative estimate of drug-likeness (QED) is 0.727. The van der Waals surface area contributed by atoms with Crippen molar-refractivity contribution >= 4 is 15.9 Å². The zero-order valence-electron chi connectivity index (χ0n) is 6.71. The van der Waals surface area contributed by atoms with Gasteiger partial charge in [-0.25, -0.2) is 0 Å². The third kappa shape index (κ3) is 2.10. The summed E-state index contributed by atoms with van der Waals surface area (Å²) in [5.74, 6) is 2.27. The molecule has 1 aromatic carbocycles. The first-order chi connectivity index (χ1) is 5.63. The predicted molar refractivity (Wildman–Crippen MR) is 52.7 cm³/mol. The van der Waals surface area contributed by atoms with E-state index in [9.17, 15) is 5.11 Å². The fourth-order valence-corrected chi connectivity index (χ4v) is 1.64. The molecule has 1 N–H and O–H groups in total. The molecule has 0 aromatic heterocycles. The van der Waals surface area contributed by atoms with Gasteiger partial charge in [-0.2, -0.15) is 0 Å². The van der Waals surface area contributed by atoms with Crippen LogP contribution in [0.3, 0.4) is 0 Å². The Kier molecular flexibility index (Phi) is 2.91. The first-order valence-corrected chi connectivity index (χ1v) is 4.34. The van der Waals surface area contributed by atoms with Crippen molar-refractivity contribution in [1.82, 2.24) is 0 Å². The van der Waals surface area contributed by atoms with Gasteiger partial charge < -0.3 is 5.11 Å². The van der Waals surface area contributed by atoms with E-state index in [4.69, 9.17) is 6.42 Å². The first kappa shape index (κ1) is 9.31. The summed E-state index contributed by atoms with van der Waals surface area (Å²) in [6.07, 6.45) is 4.28. The van der Waals surface area contributed by atoms with Crippen molar-refractivity contribution in [2.75, 3.05) is 0 Å². The van der Waals surface area contributed by atoms with E-state index in [0.29, 0.717) is 0 Å².